The van der Waals surface area contributed by atoms with Gasteiger partial charge in [0.05, 0.1) is 0 Å². The molecule has 0 aromatic heterocycles. The average Bonchev–Trinajstić information content (AvgIpc) is 2.53. The molecule has 5 heteroatoms. The fourth-order valence-corrected chi connectivity index (χ4v) is 2.98. The third-order valence-electron chi connectivity index (χ3n) is 4.71. The number of aryl methyl sites for hydroxylation is 1. The van der Waals surface area contributed by atoms with E-state index in [9.17, 15) is 4.79 Å². The molecule has 1 fully saturated rings. The molecule has 1 aromatic carbocycles. The number of methoxy groups -OCH3 is 1. The van der Waals surface area contributed by atoms with E-state index >= 15 is 0 Å². The third kappa shape index (κ3) is 4.69. The number of halogens is 1. The standard InChI is InChI=1S/C18H28N2O2.ClH/c1-14-6-5-7-15(12-14)17(2,3)13-20-16(21)18(22-4)8-10-19-11-9-18;/h5-7,12,19H,8-11,13H2,1-4H3,(H,20,21);1H. The van der Waals surface area contributed by atoms with E-state index in [1.54, 1.807) is 7.11 Å². The van der Waals surface area contributed by atoms with Gasteiger partial charge in [0.1, 0.15) is 5.60 Å². The number of rotatable bonds is 5. The molecule has 2 rings (SSSR count). The summed E-state index contributed by atoms with van der Waals surface area (Å²) >= 11 is 0. The summed E-state index contributed by atoms with van der Waals surface area (Å²) in [6.07, 6.45) is 1.44. The monoisotopic (exact) mass is 340 g/mol. The lowest BCUT2D eigenvalue weighted by Crippen LogP contribution is -2.55. The van der Waals surface area contributed by atoms with Crippen molar-refractivity contribution in [3.8, 4) is 0 Å². The molecule has 1 saturated heterocycles. The van der Waals surface area contributed by atoms with Crippen LogP contribution in [0.25, 0.3) is 0 Å². The normalized spacial score (nSPS) is 17.2. The molecule has 0 unspecified atom stereocenters. The molecule has 0 atom stereocenters. The highest BCUT2D eigenvalue weighted by molar-refractivity contribution is 5.85. The molecule has 0 bridgehead atoms. The van der Waals surface area contributed by atoms with Gasteiger partial charge in [-0.3, -0.25) is 4.79 Å². The van der Waals surface area contributed by atoms with Crippen LogP contribution in [0.5, 0.6) is 0 Å². The maximum absolute atomic E-state index is 12.6. The summed E-state index contributed by atoms with van der Waals surface area (Å²) in [4.78, 5) is 12.6. The van der Waals surface area contributed by atoms with E-state index in [-0.39, 0.29) is 23.7 Å². The molecule has 1 aromatic rings. The predicted octanol–water partition coefficient (Wildman–Crippen LogP) is 2.58. The van der Waals surface area contributed by atoms with Gasteiger partial charge in [0.2, 0.25) is 0 Å². The van der Waals surface area contributed by atoms with Crippen molar-refractivity contribution in [2.45, 2.75) is 44.6 Å². The van der Waals surface area contributed by atoms with Crippen molar-refractivity contribution in [2.75, 3.05) is 26.7 Å². The van der Waals surface area contributed by atoms with E-state index in [0.717, 1.165) is 25.9 Å². The second-order valence-corrected chi connectivity index (χ2v) is 6.88. The van der Waals surface area contributed by atoms with Gasteiger partial charge in [-0.05, 0) is 38.4 Å². The van der Waals surface area contributed by atoms with Crippen LogP contribution in [-0.2, 0) is 14.9 Å². The largest absolute Gasteiger partial charge is 0.368 e. The first kappa shape index (κ1) is 19.9. The van der Waals surface area contributed by atoms with E-state index in [1.807, 2.05) is 0 Å². The molecular formula is C18H29ClN2O2. The number of hydrogen-bond acceptors (Lipinski definition) is 3. The van der Waals surface area contributed by atoms with Crippen LogP contribution >= 0.6 is 12.4 Å². The van der Waals surface area contributed by atoms with Gasteiger partial charge in [-0.15, -0.1) is 12.4 Å². The lowest BCUT2D eigenvalue weighted by molar-refractivity contribution is -0.146. The minimum Gasteiger partial charge on any atom is -0.368 e. The topological polar surface area (TPSA) is 50.4 Å². The zero-order valence-corrected chi connectivity index (χ0v) is 15.4. The Morgan fingerprint density at radius 1 is 1.35 bits per heavy atom. The van der Waals surface area contributed by atoms with Crippen LogP contribution in [-0.4, -0.2) is 38.3 Å². The number of piperidine rings is 1. The van der Waals surface area contributed by atoms with Gasteiger partial charge in [0, 0.05) is 19.1 Å². The number of carbonyl (C=O) groups is 1. The number of carbonyl (C=O) groups excluding carboxylic acids is 1. The summed E-state index contributed by atoms with van der Waals surface area (Å²) in [5, 5.41) is 6.38. The van der Waals surface area contributed by atoms with E-state index in [1.165, 1.54) is 11.1 Å². The summed E-state index contributed by atoms with van der Waals surface area (Å²) in [6.45, 7) is 8.65. The summed E-state index contributed by atoms with van der Waals surface area (Å²) in [6, 6.07) is 8.46. The zero-order chi connectivity index (χ0) is 16.2. The quantitative estimate of drug-likeness (QED) is 0.866. The minimum absolute atomic E-state index is 0. The molecule has 1 amide bonds. The highest BCUT2D eigenvalue weighted by Gasteiger charge is 2.40. The van der Waals surface area contributed by atoms with Crippen molar-refractivity contribution in [3.05, 3.63) is 35.4 Å². The number of benzene rings is 1. The number of hydrogen-bond donors (Lipinski definition) is 2. The Balaban J connectivity index is 0.00000264. The number of nitrogens with one attached hydrogen (secondary N) is 2. The highest BCUT2D eigenvalue weighted by Crippen LogP contribution is 2.25. The van der Waals surface area contributed by atoms with Crippen molar-refractivity contribution in [1.29, 1.82) is 0 Å². The fourth-order valence-electron chi connectivity index (χ4n) is 2.98. The highest BCUT2D eigenvalue weighted by atomic mass is 35.5. The van der Waals surface area contributed by atoms with E-state index < -0.39 is 5.60 Å². The van der Waals surface area contributed by atoms with Gasteiger partial charge in [-0.2, -0.15) is 0 Å². The van der Waals surface area contributed by atoms with Crippen molar-refractivity contribution in [3.63, 3.8) is 0 Å². The van der Waals surface area contributed by atoms with Crippen LogP contribution in [0.3, 0.4) is 0 Å². The summed E-state index contributed by atoms with van der Waals surface area (Å²) in [5.41, 5.74) is 1.70. The number of ether oxygens (including phenoxy) is 1. The summed E-state index contributed by atoms with van der Waals surface area (Å²) in [5.74, 6) is 0.0113. The Labute approximate surface area is 145 Å². The van der Waals surface area contributed by atoms with Crippen molar-refractivity contribution >= 4 is 18.3 Å². The fraction of sp³-hybridized carbons (Fsp3) is 0.611. The molecular weight excluding hydrogens is 312 g/mol. The third-order valence-corrected chi connectivity index (χ3v) is 4.71. The number of amides is 1. The Bertz CT molecular complexity index is 526. The molecule has 0 spiro atoms. The second-order valence-electron chi connectivity index (χ2n) is 6.88. The minimum atomic E-state index is -0.673. The molecule has 1 heterocycles. The predicted molar refractivity (Wildman–Crippen MR) is 96.3 cm³/mol. The SMILES string of the molecule is COC1(C(=O)NCC(C)(C)c2cccc(C)c2)CCNCC1.Cl. The molecule has 130 valence electrons. The van der Waals surface area contributed by atoms with Gasteiger partial charge >= 0.3 is 0 Å². The molecule has 0 radical (unpaired) electrons. The zero-order valence-electron chi connectivity index (χ0n) is 14.6. The lowest BCUT2D eigenvalue weighted by Gasteiger charge is -2.36. The molecule has 4 nitrogen and oxygen atoms in total. The summed E-state index contributed by atoms with van der Waals surface area (Å²) in [7, 11) is 1.64. The molecule has 0 aliphatic carbocycles. The Kier molecular flexibility index (Phi) is 7.05. The molecule has 1 aliphatic heterocycles. The van der Waals surface area contributed by atoms with Crippen LogP contribution in [0.15, 0.2) is 24.3 Å². The first-order valence-electron chi connectivity index (χ1n) is 8.01. The van der Waals surface area contributed by atoms with E-state index in [4.69, 9.17) is 4.74 Å². The lowest BCUT2D eigenvalue weighted by atomic mass is 9.83. The first-order chi connectivity index (χ1) is 10.4. The van der Waals surface area contributed by atoms with Gasteiger partial charge in [-0.1, -0.05) is 43.7 Å². The van der Waals surface area contributed by atoms with Crippen LogP contribution in [0.4, 0.5) is 0 Å². The smallest absolute Gasteiger partial charge is 0.252 e. The Hall–Kier alpha value is -1.10. The van der Waals surface area contributed by atoms with Gasteiger partial charge in [0.15, 0.2) is 0 Å². The maximum atomic E-state index is 12.6. The maximum Gasteiger partial charge on any atom is 0.252 e. The van der Waals surface area contributed by atoms with Crippen LogP contribution < -0.4 is 10.6 Å². The Morgan fingerprint density at radius 3 is 2.57 bits per heavy atom. The first-order valence-corrected chi connectivity index (χ1v) is 8.01. The molecule has 2 N–H and O–H groups in total. The van der Waals surface area contributed by atoms with Crippen LogP contribution in [0.2, 0.25) is 0 Å². The van der Waals surface area contributed by atoms with Gasteiger partial charge in [-0.25, -0.2) is 0 Å². The average molecular weight is 341 g/mol. The van der Waals surface area contributed by atoms with Crippen LogP contribution in [0.1, 0.15) is 37.8 Å². The van der Waals surface area contributed by atoms with Crippen molar-refractivity contribution < 1.29 is 9.53 Å². The van der Waals surface area contributed by atoms with E-state index in [2.05, 4.69) is 55.7 Å². The molecule has 0 saturated carbocycles. The molecule has 23 heavy (non-hydrogen) atoms. The second kappa shape index (κ2) is 8.13. The van der Waals surface area contributed by atoms with Gasteiger partial charge < -0.3 is 15.4 Å². The summed E-state index contributed by atoms with van der Waals surface area (Å²) < 4.78 is 5.58. The van der Waals surface area contributed by atoms with Gasteiger partial charge in [0.25, 0.3) is 5.91 Å². The van der Waals surface area contributed by atoms with E-state index in [0.29, 0.717) is 6.54 Å². The van der Waals surface area contributed by atoms with Crippen molar-refractivity contribution in [1.82, 2.24) is 10.6 Å². The Morgan fingerprint density at radius 2 is 2.00 bits per heavy atom. The molecule has 1 aliphatic rings. The van der Waals surface area contributed by atoms with Crippen LogP contribution in [0, 0.1) is 6.92 Å². The van der Waals surface area contributed by atoms with Crippen molar-refractivity contribution in [2.24, 2.45) is 0 Å².